The zero-order valence-corrected chi connectivity index (χ0v) is 17.2. The van der Waals surface area contributed by atoms with Crippen LogP contribution in [0.4, 0.5) is 5.82 Å². The van der Waals surface area contributed by atoms with Crippen LogP contribution in [0.5, 0.6) is 0 Å². The number of nitrogens with zero attached hydrogens (tertiary/aromatic N) is 6. The molecule has 4 heterocycles. The van der Waals surface area contributed by atoms with Gasteiger partial charge < -0.3 is 9.74 Å². The minimum absolute atomic E-state index is 0.0255. The van der Waals surface area contributed by atoms with Crippen molar-refractivity contribution in [3.8, 4) is 21.1 Å². The summed E-state index contributed by atoms with van der Waals surface area (Å²) in [6.07, 6.45) is 6.20. The Labute approximate surface area is 168 Å². The Bertz CT molecular complexity index is 1010. The fourth-order valence-corrected chi connectivity index (χ4v) is 3.98. The lowest BCUT2D eigenvalue weighted by atomic mass is 10.1. The summed E-state index contributed by atoms with van der Waals surface area (Å²) in [6.45, 7) is 6.76. The van der Waals surface area contributed by atoms with Crippen molar-refractivity contribution >= 4 is 22.9 Å². The van der Waals surface area contributed by atoms with Gasteiger partial charge in [0.1, 0.15) is 28.2 Å². The smallest absolute Gasteiger partial charge is 0.156 e. The highest BCUT2D eigenvalue weighted by molar-refractivity contribution is 7.18. The molecule has 4 rings (SSSR count). The highest BCUT2D eigenvalue weighted by Crippen LogP contribution is 2.35. The molecule has 0 atom stereocenters. The summed E-state index contributed by atoms with van der Waals surface area (Å²) in [7, 11) is 2.02. The first-order valence-corrected chi connectivity index (χ1v) is 10.0. The summed E-state index contributed by atoms with van der Waals surface area (Å²) in [5.41, 5.74) is 4.35. The summed E-state index contributed by atoms with van der Waals surface area (Å²) >= 11 is 1.60. The number of pyridine rings is 1. The van der Waals surface area contributed by atoms with Crippen molar-refractivity contribution in [2.24, 2.45) is 5.16 Å². The monoisotopic (exact) mass is 394 g/mol. The number of anilines is 1. The van der Waals surface area contributed by atoms with Gasteiger partial charge in [-0.3, -0.25) is 4.98 Å². The number of oxime groups is 1. The first kappa shape index (κ1) is 18.5. The van der Waals surface area contributed by atoms with Crippen molar-refractivity contribution in [3.05, 3.63) is 42.1 Å². The molecule has 0 bridgehead atoms. The van der Waals surface area contributed by atoms with Gasteiger partial charge >= 0.3 is 0 Å². The van der Waals surface area contributed by atoms with E-state index in [0.717, 1.165) is 57.0 Å². The van der Waals surface area contributed by atoms with E-state index in [1.165, 1.54) is 0 Å². The first-order chi connectivity index (χ1) is 13.5. The molecule has 8 heteroatoms. The summed E-state index contributed by atoms with van der Waals surface area (Å²) < 4.78 is 0. The van der Waals surface area contributed by atoms with E-state index in [1.54, 1.807) is 17.5 Å². The topological polar surface area (TPSA) is 76.4 Å². The molecule has 3 aromatic rings. The molecule has 0 saturated heterocycles. The third-order valence-electron chi connectivity index (χ3n) is 4.38. The minimum atomic E-state index is 0.0255. The predicted molar refractivity (Wildman–Crippen MR) is 112 cm³/mol. The molecule has 0 radical (unpaired) electrons. The molecule has 1 aliphatic heterocycles. The standard InChI is InChI=1S/C20H22N6OS/c1-12(2)27-25-15-7-9-26(4)19-17(15)24-16(11-22-19)18-13(3)23-20(28-18)14-6-5-8-21-10-14/h5-6,8,10-12H,7,9H2,1-4H3. The largest absolute Gasteiger partial charge is 0.393 e. The fourth-order valence-electron chi connectivity index (χ4n) is 2.97. The molecule has 0 saturated carbocycles. The lowest BCUT2D eigenvalue weighted by Crippen LogP contribution is -2.31. The van der Waals surface area contributed by atoms with E-state index >= 15 is 0 Å². The molecule has 0 amide bonds. The van der Waals surface area contributed by atoms with Gasteiger partial charge in [0.25, 0.3) is 0 Å². The maximum absolute atomic E-state index is 5.49. The van der Waals surface area contributed by atoms with E-state index in [9.17, 15) is 0 Å². The van der Waals surface area contributed by atoms with Crippen LogP contribution >= 0.6 is 11.3 Å². The third kappa shape index (κ3) is 3.60. The Morgan fingerprint density at radius 2 is 2.11 bits per heavy atom. The van der Waals surface area contributed by atoms with E-state index in [-0.39, 0.29) is 6.10 Å². The highest BCUT2D eigenvalue weighted by Gasteiger charge is 2.25. The van der Waals surface area contributed by atoms with Crippen molar-refractivity contribution in [2.75, 3.05) is 18.5 Å². The number of thiazole rings is 1. The number of aryl methyl sites for hydroxylation is 1. The van der Waals surface area contributed by atoms with Crippen molar-refractivity contribution in [1.82, 2.24) is 19.9 Å². The van der Waals surface area contributed by atoms with E-state index in [4.69, 9.17) is 14.8 Å². The van der Waals surface area contributed by atoms with Gasteiger partial charge in [0.2, 0.25) is 0 Å². The first-order valence-electron chi connectivity index (χ1n) is 9.22. The molecule has 0 spiro atoms. The van der Waals surface area contributed by atoms with Crippen molar-refractivity contribution in [3.63, 3.8) is 0 Å². The van der Waals surface area contributed by atoms with E-state index < -0.39 is 0 Å². The minimum Gasteiger partial charge on any atom is -0.393 e. The van der Waals surface area contributed by atoms with Gasteiger partial charge in [-0.15, -0.1) is 11.3 Å². The van der Waals surface area contributed by atoms with Crippen LogP contribution in [0, 0.1) is 6.92 Å². The summed E-state index contributed by atoms with van der Waals surface area (Å²) in [5.74, 6) is 0.829. The van der Waals surface area contributed by atoms with E-state index in [2.05, 4.69) is 20.0 Å². The van der Waals surface area contributed by atoms with Crippen molar-refractivity contribution in [1.29, 1.82) is 0 Å². The summed E-state index contributed by atoms with van der Waals surface area (Å²) in [4.78, 5) is 27.1. The number of hydrogen-bond donors (Lipinski definition) is 0. The molecular formula is C20H22N6OS. The van der Waals surface area contributed by atoms with Gasteiger partial charge in [-0.05, 0) is 32.9 Å². The molecule has 0 aromatic carbocycles. The molecule has 0 unspecified atom stereocenters. The Kier molecular flexibility index (Phi) is 5.04. The lowest BCUT2D eigenvalue weighted by molar-refractivity contribution is 0.0855. The van der Waals surface area contributed by atoms with Gasteiger partial charge in [0.05, 0.1) is 16.8 Å². The van der Waals surface area contributed by atoms with Crippen LogP contribution in [0.15, 0.2) is 35.9 Å². The second-order valence-corrected chi connectivity index (χ2v) is 7.97. The SMILES string of the molecule is Cc1nc(-c2cccnc2)sc1-c1cnc2c(n1)C(=NOC(C)C)CCN2C. The molecule has 0 aliphatic carbocycles. The maximum Gasteiger partial charge on any atom is 0.156 e. The Balaban J connectivity index is 1.75. The molecule has 144 valence electrons. The van der Waals surface area contributed by atoms with E-state index in [1.807, 2.05) is 52.3 Å². The van der Waals surface area contributed by atoms with Gasteiger partial charge in [-0.2, -0.15) is 0 Å². The molecule has 3 aromatic heterocycles. The van der Waals surface area contributed by atoms with Crippen LogP contribution in [0.1, 0.15) is 31.7 Å². The van der Waals surface area contributed by atoms with Crippen LogP contribution in [0.2, 0.25) is 0 Å². The fraction of sp³-hybridized carbons (Fsp3) is 0.350. The third-order valence-corrected chi connectivity index (χ3v) is 5.61. The predicted octanol–water partition coefficient (Wildman–Crippen LogP) is 3.94. The lowest BCUT2D eigenvalue weighted by Gasteiger charge is -2.26. The second-order valence-electron chi connectivity index (χ2n) is 6.97. The average Bonchev–Trinajstić information content (AvgIpc) is 3.09. The zero-order chi connectivity index (χ0) is 19.7. The van der Waals surface area contributed by atoms with Gasteiger partial charge in [0.15, 0.2) is 5.82 Å². The van der Waals surface area contributed by atoms with Crippen LogP contribution in [0.25, 0.3) is 21.1 Å². The Morgan fingerprint density at radius 3 is 2.86 bits per heavy atom. The van der Waals surface area contributed by atoms with Crippen LogP contribution in [-0.2, 0) is 4.84 Å². The molecular weight excluding hydrogens is 372 g/mol. The molecule has 7 nitrogen and oxygen atoms in total. The van der Waals surface area contributed by atoms with Crippen LogP contribution in [-0.4, -0.2) is 45.3 Å². The number of aromatic nitrogens is 4. The highest BCUT2D eigenvalue weighted by atomic mass is 32.1. The van der Waals surface area contributed by atoms with Crippen molar-refractivity contribution in [2.45, 2.75) is 33.3 Å². The molecule has 28 heavy (non-hydrogen) atoms. The summed E-state index contributed by atoms with van der Waals surface area (Å²) in [5, 5.41) is 5.26. The normalized spacial score (nSPS) is 15.2. The van der Waals surface area contributed by atoms with Crippen LogP contribution in [0.3, 0.4) is 0 Å². The maximum atomic E-state index is 5.49. The second kappa shape index (κ2) is 7.63. The number of fused-ring (bicyclic) bond motifs is 1. The number of hydrogen-bond acceptors (Lipinski definition) is 8. The van der Waals surface area contributed by atoms with Gasteiger partial charge in [-0.25, -0.2) is 15.0 Å². The van der Waals surface area contributed by atoms with Gasteiger partial charge in [0, 0.05) is 38.0 Å². The Hall–Kier alpha value is -2.87. The average molecular weight is 395 g/mol. The van der Waals surface area contributed by atoms with E-state index in [0.29, 0.717) is 0 Å². The molecule has 1 aliphatic rings. The van der Waals surface area contributed by atoms with Crippen LogP contribution < -0.4 is 4.90 Å². The molecule has 0 N–H and O–H groups in total. The quantitative estimate of drug-likeness (QED) is 0.624. The number of rotatable bonds is 4. The Morgan fingerprint density at radius 1 is 1.25 bits per heavy atom. The van der Waals surface area contributed by atoms with Crippen molar-refractivity contribution < 1.29 is 4.84 Å². The zero-order valence-electron chi connectivity index (χ0n) is 16.4. The molecule has 0 fully saturated rings. The van der Waals surface area contributed by atoms with Gasteiger partial charge in [-0.1, -0.05) is 5.16 Å². The summed E-state index contributed by atoms with van der Waals surface area (Å²) in [6, 6.07) is 3.92.